The van der Waals surface area contributed by atoms with Crippen molar-refractivity contribution in [2.24, 2.45) is 0 Å². The lowest BCUT2D eigenvalue weighted by atomic mass is 10.3. The average Bonchev–Trinajstić information content (AvgIpc) is 2.24. The van der Waals surface area contributed by atoms with E-state index >= 15 is 0 Å². The maximum Gasteiger partial charge on any atom is 0.237 e. The van der Waals surface area contributed by atoms with Crippen LogP contribution in [0.1, 0.15) is 6.92 Å². The van der Waals surface area contributed by atoms with Gasteiger partial charge in [0.25, 0.3) is 0 Å². The molecule has 0 bridgehead atoms. The van der Waals surface area contributed by atoms with Crippen LogP contribution < -0.4 is 5.32 Å². The van der Waals surface area contributed by atoms with Gasteiger partial charge in [0, 0.05) is 21.5 Å². The molecule has 0 aromatic heterocycles. The molecule has 1 amide bonds. The van der Waals surface area contributed by atoms with E-state index in [9.17, 15) is 4.79 Å². The molecular formula is C11H13Cl2NO2S. The third kappa shape index (κ3) is 5.17. The first-order chi connectivity index (χ1) is 8.02. The van der Waals surface area contributed by atoms with Gasteiger partial charge < -0.3 is 10.4 Å². The summed E-state index contributed by atoms with van der Waals surface area (Å²) in [4.78, 5) is 11.7. The molecule has 1 aromatic carbocycles. The van der Waals surface area contributed by atoms with Crippen LogP contribution in [0, 0.1) is 0 Å². The van der Waals surface area contributed by atoms with E-state index in [0.29, 0.717) is 21.5 Å². The van der Waals surface area contributed by atoms with Gasteiger partial charge >= 0.3 is 0 Å². The van der Waals surface area contributed by atoms with Crippen molar-refractivity contribution in [2.45, 2.75) is 12.2 Å². The highest BCUT2D eigenvalue weighted by atomic mass is 35.5. The molecule has 0 aliphatic heterocycles. The molecule has 0 heterocycles. The fraction of sp³-hybridized carbons (Fsp3) is 0.364. The highest BCUT2D eigenvalue weighted by molar-refractivity contribution is 8.00. The number of nitrogens with one attached hydrogen (secondary N) is 1. The number of aliphatic hydroxyl groups is 1. The molecular weight excluding hydrogens is 281 g/mol. The van der Waals surface area contributed by atoms with Gasteiger partial charge in [0.05, 0.1) is 11.9 Å². The number of aliphatic hydroxyl groups excluding tert-OH is 1. The summed E-state index contributed by atoms with van der Waals surface area (Å²) < 4.78 is 0. The number of thioether (sulfide) groups is 1. The largest absolute Gasteiger partial charge is 0.396 e. The van der Waals surface area contributed by atoms with E-state index < -0.39 is 0 Å². The highest BCUT2D eigenvalue weighted by Gasteiger charge is 2.13. The lowest BCUT2D eigenvalue weighted by molar-refractivity contribution is -0.115. The molecule has 94 valence electrons. The fourth-order valence-corrected chi connectivity index (χ4v) is 2.37. The van der Waals surface area contributed by atoms with Gasteiger partial charge in [-0.3, -0.25) is 4.79 Å². The first-order valence-corrected chi connectivity index (χ1v) is 6.83. The lowest BCUT2D eigenvalue weighted by Gasteiger charge is -2.11. The summed E-state index contributed by atoms with van der Waals surface area (Å²) in [5.41, 5.74) is 0.573. The zero-order valence-electron chi connectivity index (χ0n) is 9.24. The summed E-state index contributed by atoms with van der Waals surface area (Å²) in [7, 11) is 0. The number of hydrogen-bond acceptors (Lipinski definition) is 3. The number of carbonyl (C=O) groups excluding carboxylic acids is 1. The Kier molecular flexibility index (Phi) is 6.12. The zero-order valence-corrected chi connectivity index (χ0v) is 11.6. The Hall–Kier alpha value is -0.420. The van der Waals surface area contributed by atoms with E-state index in [0.717, 1.165) is 0 Å². The molecule has 3 nitrogen and oxygen atoms in total. The van der Waals surface area contributed by atoms with E-state index in [1.54, 1.807) is 25.1 Å². The smallest absolute Gasteiger partial charge is 0.237 e. The number of halogens is 2. The minimum Gasteiger partial charge on any atom is -0.396 e. The van der Waals surface area contributed by atoms with Gasteiger partial charge in [0.2, 0.25) is 5.91 Å². The number of amides is 1. The van der Waals surface area contributed by atoms with Crippen molar-refractivity contribution in [3.8, 4) is 0 Å². The molecule has 0 saturated carbocycles. The molecule has 0 radical (unpaired) electrons. The Bertz CT molecular complexity index is 381. The minimum absolute atomic E-state index is 0.0608. The van der Waals surface area contributed by atoms with Crippen molar-refractivity contribution in [1.82, 2.24) is 0 Å². The SMILES string of the molecule is C[C@@H](SCCO)C(=O)Nc1cc(Cl)cc(Cl)c1. The number of benzene rings is 1. The van der Waals surface area contributed by atoms with Crippen LogP contribution in [0.5, 0.6) is 0 Å². The van der Waals surface area contributed by atoms with E-state index in [4.69, 9.17) is 28.3 Å². The number of carbonyl (C=O) groups is 1. The molecule has 17 heavy (non-hydrogen) atoms. The Balaban J connectivity index is 2.61. The van der Waals surface area contributed by atoms with Gasteiger partial charge in [0.1, 0.15) is 0 Å². The maximum atomic E-state index is 11.7. The second kappa shape index (κ2) is 7.11. The van der Waals surface area contributed by atoms with E-state index in [1.165, 1.54) is 11.8 Å². The monoisotopic (exact) mass is 293 g/mol. The topological polar surface area (TPSA) is 49.3 Å². The molecule has 1 rings (SSSR count). The molecule has 1 aromatic rings. The summed E-state index contributed by atoms with van der Waals surface area (Å²) in [6, 6.07) is 4.87. The van der Waals surface area contributed by atoms with Gasteiger partial charge in [-0.15, -0.1) is 11.8 Å². The molecule has 6 heteroatoms. The fourth-order valence-electron chi connectivity index (χ4n) is 1.18. The van der Waals surface area contributed by atoms with Crippen molar-refractivity contribution >= 4 is 46.6 Å². The second-order valence-corrected chi connectivity index (χ2v) is 5.71. The Morgan fingerprint density at radius 3 is 2.53 bits per heavy atom. The summed E-state index contributed by atoms with van der Waals surface area (Å²) in [6.07, 6.45) is 0. The van der Waals surface area contributed by atoms with Crippen molar-refractivity contribution < 1.29 is 9.90 Å². The van der Waals surface area contributed by atoms with Crippen LogP contribution >= 0.6 is 35.0 Å². The van der Waals surface area contributed by atoms with Gasteiger partial charge in [-0.1, -0.05) is 23.2 Å². The maximum absolute atomic E-state index is 11.7. The van der Waals surface area contributed by atoms with Crippen LogP contribution in [-0.2, 0) is 4.79 Å². The minimum atomic E-state index is -0.236. The van der Waals surface area contributed by atoms with Crippen molar-refractivity contribution in [1.29, 1.82) is 0 Å². The van der Waals surface area contributed by atoms with E-state index in [-0.39, 0.29) is 17.8 Å². The number of anilines is 1. The number of hydrogen-bond donors (Lipinski definition) is 2. The van der Waals surface area contributed by atoms with Crippen molar-refractivity contribution in [3.05, 3.63) is 28.2 Å². The summed E-state index contributed by atoms with van der Waals surface area (Å²) in [5.74, 6) is 0.395. The van der Waals surface area contributed by atoms with Crippen LogP contribution in [0.3, 0.4) is 0 Å². The van der Waals surface area contributed by atoms with Gasteiger partial charge in [-0.05, 0) is 25.1 Å². The van der Waals surface area contributed by atoms with E-state index in [2.05, 4.69) is 5.32 Å². The van der Waals surface area contributed by atoms with Gasteiger partial charge in [-0.2, -0.15) is 0 Å². The molecule has 1 atom stereocenters. The predicted octanol–water partition coefficient (Wildman–Crippen LogP) is 3.05. The Morgan fingerprint density at radius 2 is 2.00 bits per heavy atom. The van der Waals surface area contributed by atoms with Crippen LogP contribution in [0.2, 0.25) is 10.0 Å². The molecule has 0 unspecified atom stereocenters. The standard InChI is InChI=1S/C11H13Cl2NO2S/c1-7(17-3-2-15)11(16)14-10-5-8(12)4-9(13)6-10/h4-7,15H,2-3H2,1H3,(H,14,16)/t7-/m1/s1. The van der Waals surface area contributed by atoms with Gasteiger partial charge in [-0.25, -0.2) is 0 Å². The lowest BCUT2D eigenvalue weighted by Crippen LogP contribution is -2.23. The molecule has 0 spiro atoms. The third-order valence-corrected chi connectivity index (χ3v) is 3.53. The third-order valence-electron chi connectivity index (χ3n) is 1.96. The molecule has 0 saturated heterocycles. The summed E-state index contributed by atoms with van der Waals surface area (Å²) >= 11 is 13.0. The first kappa shape index (κ1) is 14.6. The zero-order chi connectivity index (χ0) is 12.8. The van der Waals surface area contributed by atoms with E-state index in [1.807, 2.05) is 0 Å². The normalized spacial score (nSPS) is 12.2. The predicted molar refractivity (Wildman–Crippen MR) is 74.1 cm³/mol. The van der Waals surface area contributed by atoms with Crippen LogP contribution in [0.4, 0.5) is 5.69 Å². The average molecular weight is 294 g/mol. The molecule has 0 aliphatic rings. The first-order valence-electron chi connectivity index (χ1n) is 5.02. The van der Waals surface area contributed by atoms with Gasteiger partial charge in [0.15, 0.2) is 0 Å². The van der Waals surface area contributed by atoms with Crippen molar-refractivity contribution in [3.63, 3.8) is 0 Å². The quantitative estimate of drug-likeness (QED) is 0.877. The van der Waals surface area contributed by atoms with Crippen LogP contribution in [0.25, 0.3) is 0 Å². The Morgan fingerprint density at radius 1 is 1.41 bits per heavy atom. The Labute approximate surface area is 114 Å². The summed E-state index contributed by atoms with van der Waals surface area (Å²) in [5, 5.41) is 12.1. The summed E-state index contributed by atoms with van der Waals surface area (Å²) in [6.45, 7) is 1.84. The van der Waals surface area contributed by atoms with Crippen LogP contribution in [-0.4, -0.2) is 28.6 Å². The van der Waals surface area contributed by atoms with Crippen molar-refractivity contribution in [2.75, 3.05) is 17.7 Å². The van der Waals surface area contributed by atoms with Crippen LogP contribution in [0.15, 0.2) is 18.2 Å². The number of rotatable bonds is 5. The molecule has 0 aliphatic carbocycles. The second-order valence-electron chi connectivity index (χ2n) is 3.38. The highest BCUT2D eigenvalue weighted by Crippen LogP contribution is 2.23. The molecule has 2 N–H and O–H groups in total. The molecule has 0 fully saturated rings.